The Morgan fingerprint density at radius 1 is 1.09 bits per heavy atom. The summed E-state index contributed by atoms with van der Waals surface area (Å²) in [6.45, 7) is 1.75. The van der Waals surface area contributed by atoms with E-state index in [0.717, 1.165) is 11.3 Å². The number of rotatable bonds is 6. The molecule has 4 nitrogen and oxygen atoms in total. The Balaban J connectivity index is 1.83. The van der Waals surface area contributed by atoms with Crippen molar-refractivity contribution in [3.8, 4) is 11.5 Å². The molecule has 0 saturated carbocycles. The highest BCUT2D eigenvalue weighted by molar-refractivity contribution is 5.78. The average molecular weight is 303 g/mol. The molecular weight excluding hydrogens is 285 g/mol. The summed E-state index contributed by atoms with van der Waals surface area (Å²) < 4.78 is 23.3. The van der Waals surface area contributed by atoms with Gasteiger partial charge in [0.05, 0.1) is 13.2 Å². The van der Waals surface area contributed by atoms with Gasteiger partial charge in [-0.1, -0.05) is 12.1 Å². The minimum atomic E-state index is -0.301. The molecule has 22 heavy (non-hydrogen) atoms. The standard InChI is InChI=1S/C17H18FNO3/c1-12(13-3-5-14(18)6-4-13)19-17(20)11-22-16-9-7-15(21-2)8-10-16/h3-10,12H,11H2,1-2H3,(H,19,20)/t12-/m0/s1. The van der Waals surface area contributed by atoms with Crippen molar-refractivity contribution in [1.29, 1.82) is 0 Å². The summed E-state index contributed by atoms with van der Waals surface area (Å²) in [4.78, 5) is 11.9. The van der Waals surface area contributed by atoms with E-state index in [2.05, 4.69) is 5.32 Å². The zero-order valence-corrected chi connectivity index (χ0v) is 12.5. The lowest BCUT2D eigenvalue weighted by atomic mass is 10.1. The van der Waals surface area contributed by atoms with E-state index in [9.17, 15) is 9.18 Å². The van der Waals surface area contributed by atoms with Crippen LogP contribution in [0.5, 0.6) is 11.5 Å². The molecule has 116 valence electrons. The maximum atomic E-state index is 12.9. The number of hydrogen-bond donors (Lipinski definition) is 1. The number of hydrogen-bond acceptors (Lipinski definition) is 3. The van der Waals surface area contributed by atoms with E-state index in [1.165, 1.54) is 12.1 Å². The van der Waals surface area contributed by atoms with Gasteiger partial charge in [-0.3, -0.25) is 4.79 Å². The highest BCUT2D eigenvalue weighted by atomic mass is 19.1. The predicted octanol–water partition coefficient (Wildman–Crippen LogP) is 3.09. The molecule has 2 aromatic rings. The Morgan fingerprint density at radius 3 is 2.27 bits per heavy atom. The largest absolute Gasteiger partial charge is 0.497 e. The van der Waals surface area contributed by atoms with Crippen LogP contribution in [0.2, 0.25) is 0 Å². The number of carbonyl (C=O) groups excluding carboxylic acids is 1. The Morgan fingerprint density at radius 2 is 1.68 bits per heavy atom. The van der Waals surface area contributed by atoms with Crippen LogP contribution in [0.15, 0.2) is 48.5 Å². The van der Waals surface area contributed by atoms with E-state index >= 15 is 0 Å². The minimum Gasteiger partial charge on any atom is -0.497 e. The number of nitrogens with one attached hydrogen (secondary N) is 1. The molecule has 1 amide bonds. The SMILES string of the molecule is COc1ccc(OCC(=O)N[C@@H](C)c2ccc(F)cc2)cc1. The van der Waals surface area contributed by atoms with Crippen LogP contribution in [0.25, 0.3) is 0 Å². The van der Waals surface area contributed by atoms with Crippen molar-refractivity contribution in [3.63, 3.8) is 0 Å². The smallest absolute Gasteiger partial charge is 0.258 e. The minimum absolute atomic E-state index is 0.0855. The lowest BCUT2D eigenvalue weighted by Gasteiger charge is -2.14. The molecule has 5 heteroatoms. The van der Waals surface area contributed by atoms with Crippen LogP contribution in [-0.4, -0.2) is 19.6 Å². The lowest BCUT2D eigenvalue weighted by Crippen LogP contribution is -2.31. The number of methoxy groups -OCH3 is 1. The fourth-order valence-electron chi connectivity index (χ4n) is 1.94. The topological polar surface area (TPSA) is 47.6 Å². The van der Waals surface area contributed by atoms with Gasteiger partial charge in [-0.2, -0.15) is 0 Å². The van der Waals surface area contributed by atoms with Crippen molar-refractivity contribution in [2.75, 3.05) is 13.7 Å². The molecule has 0 heterocycles. The Hall–Kier alpha value is -2.56. The maximum Gasteiger partial charge on any atom is 0.258 e. The summed E-state index contributed by atoms with van der Waals surface area (Å²) in [6.07, 6.45) is 0. The van der Waals surface area contributed by atoms with E-state index in [0.29, 0.717) is 5.75 Å². The number of benzene rings is 2. The second-order valence-corrected chi connectivity index (χ2v) is 4.80. The third kappa shape index (κ3) is 4.48. The van der Waals surface area contributed by atoms with Crippen molar-refractivity contribution in [2.45, 2.75) is 13.0 Å². The van der Waals surface area contributed by atoms with Crippen LogP contribution in [0.4, 0.5) is 4.39 Å². The van der Waals surface area contributed by atoms with Crippen LogP contribution >= 0.6 is 0 Å². The number of carbonyl (C=O) groups is 1. The molecule has 0 aliphatic rings. The molecule has 0 radical (unpaired) electrons. The molecule has 2 rings (SSSR count). The van der Waals surface area contributed by atoms with Crippen LogP contribution in [0, 0.1) is 5.82 Å². The summed E-state index contributed by atoms with van der Waals surface area (Å²) in [5, 5.41) is 2.80. The summed E-state index contributed by atoms with van der Waals surface area (Å²) in [5.41, 5.74) is 0.833. The van der Waals surface area contributed by atoms with Crippen molar-refractivity contribution >= 4 is 5.91 Å². The van der Waals surface area contributed by atoms with Crippen molar-refractivity contribution in [2.24, 2.45) is 0 Å². The first-order valence-electron chi connectivity index (χ1n) is 6.90. The summed E-state index contributed by atoms with van der Waals surface area (Å²) in [6, 6.07) is 12.8. The van der Waals surface area contributed by atoms with E-state index in [1.54, 1.807) is 43.5 Å². The van der Waals surface area contributed by atoms with Crippen LogP contribution < -0.4 is 14.8 Å². The molecule has 1 N–H and O–H groups in total. The third-order valence-corrected chi connectivity index (χ3v) is 3.18. The second-order valence-electron chi connectivity index (χ2n) is 4.80. The fourth-order valence-corrected chi connectivity index (χ4v) is 1.94. The third-order valence-electron chi connectivity index (χ3n) is 3.18. The lowest BCUT2D eigenvalue weighted by molar-refractivity contribution is -0.123. The number of halogens is 1. The number of amides is 1. The zero-order chi connectivity index (χ0) is 15.9. The molecule has 0 bridgehead atoms. The van der Waals surface area contributed by atoms with Gasteiger partial charge in [0.25, 0.3) is 5.91 Å². The molecular formula is C17H18FNO3. The quantitative estimate of drug-likeness (QED) is 0.892. The summed E-state index contributed by atoms with van der Waals surface area (Å²) in [5.74, 6) is 0.768. The highest BCUT2D eigenvalue weighted by Gasteiger charge is 2.10. The molecule has 0 fully saturated rings. The first-order chi connectivity index (χ1) is 10.6. The van der Waals surface area contributed by atoms with E-state index in [4.69, 9.17) is 9.47 Å². The predicted molar refractivity (Wildman–Crippen MR) is 81.4 cm³/mol. The van der Waals surface area contributed by atoms with Gasteiger partial charge in [0, 0.05) is 0 Å². The van der Waals surface area contributed by atoms with Gasteiger partial charge in [0.1, 0.15) is 17.3 Å². The summed E-state index contributed by atoms with van der Waals surface area (Å²) >= 11 is 0. The molecule has 0 unspecified atom stereocenters. The molecule has 0 saturated heterocycles. The van der Waals surface area contributed by atoms with Gasteiger partial charge in [-0.15, -0.1) is 0 Å². The van der Waals surface area contributed by atoms with Gasteiger partial charge in [-0.05, 0) is 48.9 Å². The van der Waals surface area contributed by atoms with Crippen molar-refractivity contribution in [1.82, 2.24) is 5.32 Å². The van der Waals surface area contributed by atoms with E-state index in [1.807, 2.05) is 6.92 Å². The van der Waals surface area contributed by atoms with Gasteiger partial charge in [-0.25, -0.2) is 4.39 Å². The second kappa shape index (κ2) is 7.45. The van der Waals surface area contributed by atoms with Gasteiger partial charge in [0.2, 0.25) is 0 Å². The van der Waals surface area contributed by atoms with Crippen molar-refractivity contribution < 1.29 is 18.7 Å². The van der Waals surface area contributed by atoms with Crippen LogP contribution in [0.1, 0.15) is 18.5 Å². The van der Waals surface area contributed by atoms with Crippen LogP contribution in [0.3, 0.4) is 0 Å². The Kier molecular flexibility index (Phi) is 5.36. The average Bonchev–Trinajstić information content (AvgIpc) is 2.54. The molecule has 1 atom stereocenters. The molecule has 0 aromatic heterocycles. The first kappa shape index (κ1) is 15.8. The molecule has 0 aliphatic heterocycles. The molecule has 2 aromatic carbocycles. The first-order valence-corrected chi connectivity index (χ1v) is 6.90. The Bertz CT molecular complexity index is 611. The highest BCUT2D eigenvalue weighted by Crippen LogP contribution is 2.17. The van der Waals surface area contributed by atoms with Gasteiger partial charge >= 0.3 is 0 Å². The van der Waals surface area contributed by atoms with Gasteiger partial charge < -0.3 is 14.8 Å². The Labute approximate surface area is 128 Å². The summed E-state index contributed by atoms with van der Waals surface area (Å²) in [7, 11) is 1.58. The maximum absolute atomic E-state index is 12.9. The van der Waals surface area contributed by atoms with E-state index in [-0.39, 0.29) is 24.4 Å². The van der Waals surface area contributed by atoms with E-state index < -0.39 is 0 Å². The molecule has 0 aliphatic carbocycles. The molecule has 0 spiro atoms. The zero-order valence-electron chi connectivity index (χ0n) is 12.5. The normalized spacial score (nSPS) is 11.6. The number of ether oxygens (including phenoxy) is 2. The van der Waals surface area contributed by atoms with Crippen molar-refractivity contribution in [3.05, 3.63) is 59.9 Å². The fraction of sp³-hybridized carbons (Fsp3) is 0.235. The monoisotopic (exact) mass is 303 g/mol. The van der Waals surface area contributed by atoms with Gasteiger partial charge in [0.15, 0.2) is 6.61 Å². The van der Waals surface area contributed by atoms with Crippen LogP contribution in [-0.2, 0) is 4.79 Å².